The SMILES string of the molecule is NNC(c1ccc(Br)cc1F)c1cc(Cl)ccc1Cl. The van der Waals surface area contributed by atoms with Crippen LogP contribution < -0.4 is 11.3 Å². The molecule has 1 unspecified atom stereocenters. The average Bonchev–Trinajstić information content (AvgIpc) is 2.36. The summed E-state index contributed by atoms with van der Waals surface area (Å²) in [4.78, 5) is 0. The molecule has 2 aromatic carbocycles. The molecule has 0 aromatic heterocycles. The third-order valence-electron chi connectivity index (χ3n) is 2.71. The summed E-state index contributed by atoms with van der Waals surface area (Å²) in [5, 5.41) is 0.979. The summed E-state index contributed by atoms with van der Waals surface area (Å²) in [5.74, 6) is 5.15. The number of benzene rings is 2. The summed E-state index contributed by atoms with van der Waals surface area (Å²) in [6, 6.07) is 9.16. The van der Waals surface area contributed by atoms with E-state index in [2.05, 4.69) is 21.4 Å². The minimum atomic E-state index is -0.570. The van der Waals surface area contributed by atoms with Gasteiger partial charge in [0, 0.05) is 20.1 Å². The normalized spacial score (nSPS) is 12.5. The van der Waals surface area contributed by atoms with Crippen LogP contribution in [0.5, 0.6) is 0 Å². The van der Waals surface area contributed by atoms with Crippen molar-refractivity contribution < 1.29 is 4.39 Å². The molecule has 0 aliphatic carbocycles. The molecule has 100 valence electrons. The van der Waals surface area contributed by atoms with E-state index in [1.54, 1.807) is 30.3 Å². The van der Waals surface area contributed by atoms with Crippen molar-refractivity contribution in [3.05, 3.63) is 67.9 Å². The Kier molecular flexibility index (Phi) is 4.81. The van der Waals surface area contributed by atoms with Crippen LogP contribution in [0.1, 0.15) is 17.2 Å². The third kappa shape index (κ3) is 3.27. The highest BCUT2D eigenvalue weighted by atomic mass is 79.9. The molecule has 6 heteroatoms. The van der Waals surface area contributed by atoms with Crippen LogP contribution in [0.4, 0.5) is 4.39 Å². The predicted molar refractivity (Wildman–Crippen MR) is 79.7 cm³/mol. The highest BCUT2D eigenvalue weighted by Crippen LogP contribution is 2.32. The lowest BCUT2D eigenvalue weighted by atomic mass is 9.99. The Bertz CT molecular complexity index is 607. The zero-order valence-electron chi connectivity index (χ0n) is 9.63. The molecule has 0 saturated carbocycles. The van der Waals surface area contributed by atoms with Gasteiger partial charge in [0.25, 0.3) is 0 Å². The Balaban J connectivity index is 2.52. The second-order valence-electron chi connectivity index (χ2n) is 3.93. The fourth-order valence-corrected chi connectivity index (χ4v) is 2.56. The summed E-state index contributed by atoms with van der Waals surface area (Å²) in [6.07, 6.45) is 0. The van der Waals surface area contributed by atoms with Gasteiger partial charge in [-0.2, -0.15) is 0 Å². The van der Waals surface area contributed by atoms with Crippen molar-refractivity contribution >= 4 is 39.1 Å². The van der Waals surface area contributed by atoms with Crippen LogP contribution >= 0.6 is 39.1 Å². The van der Waals surface area contributed by atoms with E-state index in [0.29, 0.717) is 25.6 Å². The maximum Gasteiger partial charge on any atom is 0.129 e. The number of halogens is 4. The van der Waals surface area contributed by atoms with Gasteiger partial charge in [0.2, 0.25) is 0 Å². The van der Waals surface area contributed by atoms with Gasteiger partial charge in [-0.25, -0.2) is 9.82 Å². The third-order valence-corrected chi connectivity index (χ3v) is 3.78. The van der Waals surface area contributed by atoms with Crippen LogP contribution in [-0.4, -0.2) is 0 Å². The van der Waals surface area contributed by atoms with Crippen molar-refractivity contribution in [1.29, 1.82) is 0 Å². The van der Waals surface area contributed by atoms with Crippen LogP contribution in [0.3, 0.4) is 0 Å². The molecule has 1 atom stereocenters. The Labute approximate surface area is 128 Å². The topological polar surface area (TPSA) is 38.0 Å². The molecule has 2 rings (SSSR count). The molecular formula is C13H10BrCl2FN2. The van der Waals surface area contributed by atoms with E-state index in [1.165, 1.54) is 6.07 Å². The Morgan fingerprint density at radius 1 is 1.11 bits per heavy atom. The molecule has 0 bridgehead atoms. The lowest BCUT2D eigenvalue weighted by molar-refractivity contribution is 0.559. The average molecular weight is 364 g/mol. The number of rotatable bonds is 3. The largest absolute Gasteiger partial charge is 0.271 e. The van der Waals surface area contributed by atoms with Gasteiger partial charge in [0.05, 0.1) is 6.04 Å². The molecular weight excluding hydrogens is 354 g/mol. The fourth-order valence-electron chi connectivity index (χ4n) is 1.82. The van der Waals surface area contributed by atoms with Gasteiger partial charge in [-0.15, -0.1) is 0 Å². The van der Waals surface area contributed by atoms with Gasteiger partial charge < -0.3 is 0 Å². The van der Waals surface area contributed by atoms with Crippen LogP contribution in [0.15, 0.2) is 40.9 Å². The molecule has 0 saturated heterocycles. The zero-order valence-corrected chi connectivity index (χ0v) is 12.7. The summed E-state index contributed by atoms with van der Waals surface area (Å²) in [7, 11) is 0. The molecule has 2 aromatic rings. The zero-order chi connectivity index (χ0) is 14.0. The number of hydrogen-bond acceptors (Lipinski definition) is 2. The second kappa shape index (κ2) is 6.20. The van der Waals surface area contributed by atoms with E-state index in [-0.39, 0.29) is 5.82 Å². The Morgan fingerprint density at radius 2 is 1.84 bits per heavy atom. The number of hydrazine groups is 1. The summed E-state index contributed by atoms with van der Waals surface area (Å²) >= 11 is 15.3. The van der Waals surface area contributed by atoms with Crippen LogP contribution in [-0.2, 0) is 0 Å². The van der Waals surface area contributed by atoms with Gasteiger partial charge in [-0.3, -0.25) is 5.84 Å². The van der Waals surface area contributed by atoms with Crippen LogP contribution in [0.25, 0.3) is 0 Å². The molecule has 0 heterocycles. The Hall–Kier alpha value is -0.650. The monoisotopic (exact) mass is 362 g/mol. The van der Waals surface area contributed by atoms with E-state index in [4.69, 9.17) is 29.0 Å². The van der Waals surface area contributed by atoms with Crippen LogP contribution in [0, 0.1) is 5.82 Å². The minimum absolute atomic E-state index is 0.381. The highest BCUT2D eigenvalue weighted by Gasteiger charge is 2.19. The van der Waals surface area contributed by atoms with E-state index in [0.717, 1.165) is 0 Å². The quantitative estimate of drug-likeness (QED) is 0.624. The first-order valence-electron chi connectivity index (χ1n) is 5.39. The van der Waals surface area contributed by atoms with Crippen molar-refractivity contribution in [1.82, 2.24) is 5.43 Å². The predicted octanol–water partition coefficient (Wildman–Crippen LogP) is 4.45. The lowest BCUT2D eigenvalue weighted by Gasteiger charge is -2.19. The molecule has 0 spiro atoms. The lowest BCUT2D eigenvalue weighted by Crippen LogP contribution is -2.29. The van der Waals surface area contributed by atoms with Gasteiger partial charge in [-0.1, -0.05) is 45.2 Å². The van der Waals surface area contributed by atoms with E-state index < -0.39 is 6.04 Å². The van der Waals surface area contributed by atoms with Gasteiger partial charge in [0.1, 0.15) is 5.82 Å². The number of hydrogen-bond donors (Lipinski definition) is 2. The van der Waals surface area contributed by atoms with Crippen molar-refractivity contribution in [3.8, 4) is 0 Å². The molecule has 0 aliphatic heterocycles. The van der Waals surface area contributed by atoms with E-state index in [1.807, 2.05) is 0 Å². The standard InChI is InChI=1S/C13H10BrCl2FN2/c14-7-1-3-9(12(17)5-7)13(19-18)10-6-8(15)2-4-11(10)16/h1-6,13,19H,18H2. The van der Waals surface area contributed by atoms with Gasteiger partial charge >= 0.3 is 0 Å². The fraction of sp³-hybridized carbons (Fsp3) is 0.0769. The van der Waals surface area contributed by atoms with Gasteiger partial charge in [0.15, 0.2) is 0 Å². The maximum absolute atomic E-state index is 14.0. The van der Waals surface area contributed by atoms with Crippen molar-refractivity contribution in [2.75, 3.05) is 0 Å². The Morgan fingerprint density at radius 3 is 2.47 bits per heavy atom. The minimum Gasteiger partial charge on any atom is -0.271 e. The van der Waals surface area contributed by atoms with Crippen molar-refractivity contribution in [2.24, 2.45) is 5.84 Å². The molecule has 0 radical (unpaired) electrons. The molecule has 0 fully saturated rings. The van der Waals surface area contributed by atoms with Gasteiger partial charge in [-0.05, 0) is 35.9 Å². The smallest absolute Gasteiger partial charge is 0.129 e. The van der Waals surface area contributed by atoms with E-state index >= 15 is 0 Å². The second-order valence-corrected chi connectivity index (χ2v) is 5.69. The highest BCUT2D eigenvalue weighted by molar-refractivity contribution is 9.10. The number of nitrogens with one attached hydrogen (secondary N) is 1. The molecule has 0 amide bonds. The number of nitrogens with two attached hydrogens (primary N) is 1. The maximum atomic E-state index is 14.0. The first-order chi connectivity index (χ1) is 9.02. The first-order valence-corrected chi connectivity index (χ1v) is 6.94. The summed E-state index contributed by atoms with van der Waals surface area (Å²) in [5.41, 5.74) is 3.59. The van der Waals surface area contributed by atoms with E-state index in [9.17, 15) is 4.39 Å². The first kappa shape index (κ1) is 14.8. The molecule has 19 heavy (non-hydrogen) atoms. The molecule has 0 aliphatic rings. The van der Waals surface area contributed by atoms with Crippen molar-refractivity contribution in [2.45, 2.75) is 6.04 Å². The summed E-state index contributed by atoms with van der Waals surface area (Å²) < 4.78 is 14.7. The molecule has 2 nitrogen and oxygen atoms in total. The molecule has 3 N–H and O–H groups in total. The summed E-state index contributed by atoms with van der Waals surface area (Å²) in [6.45, 7) is 0. The van der Waals surface area contributed by atoms with Crippen molar-refractivity contribution in [3.63, 3.8) is 0 Å². The van der Waals surface area contributed by atoms with Crippen LogP contribution in [0.2, 0.25) is 10.0 Å².